The van der Waals surface area contributed by atoms with Crippen LogP contribution in [0.4, 0.5) is 4.39 Å². The molecular weight excluding hydrogens is 477 g/mol. The highest BCUT2D eigenvalue weighted by Gasteiger charge is 2.37. The molecule has 2 aliphatic heterocycles. The van der Waals surface area contributed by atoms with Crippen molar-refractivity contribution in [2.45, 2.75) is 13.0 Å². The summed E-state index contributed by atoms with van der Waals surface area (Å²) in [7, 11) is 0. The van der Waals surface area contributed by atoms with E-state index in [4.69, 9.17) is 0 Å². The van der Waals surface area contributed by atoms with Crippen molar-refractivity contribution < 1.29 is 14.0 Å². The van der Waals surface area contributed by atoms with E-state index in [0.29, 0.717) is 37.2 Å². The Morgan fingerprint density at radius 2 is 1.72 bits per heavy atom. The minimum atomic E-state index is -0.266. The number of carbonyl (C=O) groups is 2. The fourth-order valence-corrected chi connectivity index (χ4v) is 5.72. The molecule has 2 amide bonds. The lowest BCUT2D eigenvalue weighted by Gasteiger charge is -2.48. The number of likely N-dealkylation sites (tertiary alicyclic amines) is 1. The molecule has 2 saturated heterocycles. The number of amides is 2. The van der Waals surface area contributed by atoms with Crippen molar-refractivity contribution in [3.63, 3.8) is 0 Å². The predicted molar refractivity (Wildman–Crippen MR) is 137 cm³/mol. The third-order valence-corrected chi connectivity index (χ3v) is 8.02. The molecule has 2 fully saturated rings. The van der Waals surface area contributed by atoms with Crippen LogP contribution in [0.15, 0.2) is 60.2 Å². The lowest BCUT2D eigenvalue weighted by molar-refractivity contribution is 0.00850. The molecule has 0 N–H and O–H groups in total. The third-order valence-electron chi connectivity index (χ3n) is 7.25. The Bertz CT molecular complexity index is 1420. The molecule has 2 aromatic carbocycles. The number of fused-ring (bicyclic) bond motifs is 1. The quantitative estimate of drug-likeness (QED) is 0.425. The highest BCUT2D eigenvalue weighted by molar-refractivity contribution is 7.11. The number of aryl methyl sites for hydroxylation is 1. The summed E-state index contributed by atoms with van der Waals surface area (Å²) in [5, 5.41) is 3.35. The van der Waals surface area contributed by atoms with Gasteiger partial charge < -0.3 is 14.4 Å². The molecule has 2 aromatic heterocycles. The number of nitrogens with zero attached hydrogens (tertiary/aromatic N) is 5. The van der Waals surface area contributed by atoms with E-state index < -0.39 is 0 Å². The second kappa shape index (κ2) is 9.15. The Morgan fingerprint density at radius 3 is 2.42 bits per heavy atom. The van der Waals surface area contributed by atoms with E-state index in [-0.39, 0.29) is 17.6 Å². The summed E-state index contributed by atoms with van der Waals surface area (Å²) < 4.78 is 15.3. The summed E-state index contributed by atoms with van der Waals surface area (Å²) in [6.45, 7) is 6.36. The van der Waals surface area contributed by atoms with Gasteiger partial charge in [-0.3, -0.25) is 14.5 Å². The summed E-state index contributed by atoms with van der Waals surface area (Å²) in [6.07, 6.45) is 3.61. The summed E-state index contributed by atoms with van der Waals surface area (Å²) in [5.74, 6) is -0.204. The zero-order chi connectivity index (χ0) is 24.8. The SMILES string of the molecule is Cc1cc2c(ccn2-c2ccc(F)cc2)cc1C(=O)N1CC(N2CCN(C(=O)c3nccs3)CC2)C1. The van der Waals surface area contributed by atoms with Crippen molar-refractivity contribution in [1.29, 1.82) is 0 Å². The third kappa shape index (κ3) is 4.08. The first-order valence-corrected chi connectivity index (χ1v) is 13.0. The number of piperazine rings is 1. The zero-order valence-corrected chi connectivity index (χ0v) is 20.7. The highest BCUT2D eigenvalue weighted by Crippen LogP contribution is 2.27. The van der Waals surface area contributed by atoms with Gasteiger partial charge in [0.25, 0.3) is 11.8 Å². The smallest absolute Gasteiger partial charge is 0.282 e. The van der Waals surface area contributed by atoms with Gasteiger partial charge in [-0.05, 0) is 55.0 Å². The molecule has 9 heteroatoms. The van der Waals surface area contributed by atoms with Crippen LogP contribution < -0.4 is 0 Å². The molecular formula is C27H26FN5O2S. The second-order valence-electron chi connectivity index (χ2n) is 9.42. The number of rotatable bonds is 4. The first-order chi connectivity index (χ1) is 17.5. The van der Waals surface area contributed by atoms with Crippen molar-refractivity contribution in [2.75, 3.05) is 39.3 Å². The fourth-order valence-electron chi connectivity index (χ4n) is 5.12. The van der Waals surface area contributed by atoms with Gasteiger partial charge >= 0.3 is 0 Å². The first-order valence-electron chi connectivity index (χ1n) is 12.1. The van der Waals surface area contributed by atoms with E-state index >= 15 is 0 Å². The van der Waals surface area contributed by atoms with Gasteiger partial charge in [0.2, 0.25) is 0 Å². The van der Waals surface area contributed by atoms with Gasteiger partial charge in [0.15, 0.2) is 5.01 Å². The number of hydrogen-bond donors (Lipinski definition) is 0. The van der Waals surface area contributed by atoms with Gasteiger partial charge in [0, 0.05) is 79.7 Å². The van der Waals surface area contributed by atoms with E-state index in [0.717, 1.165) is 40.8 Å². The van der Waals surface area contributed by atoms with Crippen LogP contribution in [0.5, 0.6) is 0 Å². The largest absolute Gasteiger partial charge is 0.335 e. The maximum atomic E-state index is 13.3. The number of carbonyl (C=O) groups excluding carboxylic acids is 2. The van der Waals surface area contributed by atoms with Gasteiger partial charge in [-0.15, -0.1) is 11.3 Å². The van der Waals surface area contributed by atoms with Crippen LogP contribution in [0.1, 0.15) is 25.7 Å². The zero-order valence-electron chi connectivity index (χ0n) is 19.9. The van der Waals surface area contributed by atoms with Gasteiger partial charge in [0.05, 0.1) is 5.52 Å². The molecule has 6 rings (SSSR count). The van der Waals surface area contributed by atoms with Crippen LogP contribution in [0, 0.1) is 12.7 Å². The van der Waals surface area contributed by atoms with E-state index in [1.165, 1.54) is 23.5 Å². The predicted octanol–water partition coefficient (Wildman–Crippen LogP) is 3.82. The Labute approximate surface area is 212 Å². The molecule has 0 aliphatic carbocycles. The molecule has 2 aliphatic rings. The van der Waals surface area contributed by atoms with E-state index in [2.05, 4.69) is 9.88 Å². The maximum Gasteiger partial charge on any atom is 0.282 e. The molecule has 7 nitrogen and oxygen atoms in total. The molecule has 36 heavy (non-hydrogen) atoms. The first kappa shape index (κ1) is 22.9. The molecule has 0 saturated carbocycles. The Kier molecular flexibility index (Phi) is 5.81. The van der Waals surface area contributed by atoms with Crippen LogP contribution in [0.3, 0.4) is 0 Å². The molecule has 0 bridgehead atoms. The number of aromatic nitrogens is 2. The van der Waals surface area contributed by atoms with Gasteiger partial charge in [-0.2, -0.15) is 0 Å². The second-order valence-corrected chi connectivity index (χ2v) is 10.3. The monoisotopic (exact) mass is 503 g/mol. The summed E-state index contributed by atoms with van der Waals surface area (Å²) in [4.78, 5) is 36.1. The number of thiazole rings is 1. The number of hydrogen-bond acceptors (Lipinski definition) is 5. The van der Waals surface area contributed by atoms with Crippen LogP contribution in [0.25, 0.3) is 16.6 Å². The Balaban J connectivity index is 1.09. The molecule has 4 aromatic rings. The topological polar surface area (TPSA) is 61.7 Å². The van der Waals surface area contributed by atoms with Crippen LogP contribution in [-0.2, 0) is 0 Å². The minimum absolute atomic E-state index is 0.00851. The summed E-state index contributed by atoms with van der Waals surface area (Å²) in [5.41, 5.74) is 3.51. The van der Waals surface area contributed by atoms with E-state index in [1.807, 2.05) is 51.1 Å². The van der Waals surface area contributed by atoms with Crippen molar-refractivity contribution >= 4 is 34.1 Å². The van der Waals surface area contributed by atoms with Crippen molar-refractivity contribution in [1.82, 2.24) is 24.3 Å². The molecule has 0 spiro atoms. The van der Waals surface area contributed by atoms with Crippen molar-refractivity contribution in [2.24, 2.45) is 0 Å². The Morgan fingerprint density at radius 1 is 0.972 bits per heavy atom. The summed E-state index contributed by atoms with van der Waals surface area (Å²) >= 11 is 1.38. The molecule has 0 atom stereocenters. The van der Waals surface area contributed by atoms with Crippen LogP contribution >= 0.6 is 11.3 Å². The number of benzene rings is 2. The summed E-state index contributed by atoms with van der Waals surface area (Å²) in [6, 6.07) is 12.7. The normalized spacial score (nSPS) is 16.9. The average molecular weight is 504 g/mol. The molecule has 4 heterocycles. The minimum Gasteiger partial charge on any atom is -0.335 e. The molecule has 184 valence electrons. The fraction of sp³-hybridized carbons (Fsp3) is 0.296. The lowest BCUT2D eigenvalue weighted by Crippen LogP contribution is -2.64. The van der Waals surface area contributed by atoms with E-state index in [1.54, 1.807) is 18.3 Å². The van der Waals surface area contributed by atoms with Gasteiger partial charge in [0.1, 0.15) is 5.82 Å². The van der Waals surface area contributed by atoms with Crippen LogP contribution in [-0.4, -0.2) is 81.4 Å². The number of halogens is 1. The maximum absolute atomic E-state index is 13.3. The van der Waals surface area contributed by atoms with Crippen molar-refractivity contribution in [3.8, 4) is 5.69 Å². The molecule has 0 unspecified atom stereocenters. The van der Waals surface area contributed by atoms with E-state index in [9.17, 15) is 14.0 Å². The standard InChI is InChI=1S/C27H26FN5O2S/c1-18-14-24-19(6-8-33(24)21-4-2-20(28)3-5-21)15-23(18)26(34)32-16-22(17-32)30-9-11-31(12-10-30)27(35)25-29-7-13-36-25/h2-8,13-15,22H,9-12,16-17H2,1H3. The van der Waals surface area contributed by atoms with Crippen molar-refractivity contribution in [3.05, 3.63) is 82.2 Å². The van der Waals surface area contributed by atoms with Gasteiger partial charge in [-0.25, -0.2) is 9.37 Å². The Hall–Kier alpha value is -3.56. The van der Waals surface area contributed by atoms with Crippen LogP contribution in [0.2, 0.25) is 0 Å². The molecule has 0 radical (unpaired) electrons. The lowest BCUT2D eigenvalue weighted by atomic mass is 10.0. The van der Waals surface area contributed by atoms with Gasteiger partial charge in [-0.1, -0.05) is 0 Å². The average Bonchev–Trinajstić information content (AvgIpc) is 3.53. The highest BCUT2D eigenvalue weighted by atomic mass is 32.1.